The maximum atomic E-state index is 12.5. The van der Waals surface area contributed by atoms with Crippen molar-refractivity contribution in [3.8, 4) is 11.1 Å². The third kappa shape index (κ3) is 5.83. The van der Waals surface area contributed by atoms with E-state index in [0.29, 0.717) is 0 Å². The normalized spacial score (nSPS) is 14.4. The van der Waals surface area contributed by atoms with Gasteiger partial charge in [-0.1, -0.05) is 48.5 Å². The Labute approximate surface area is 193 Å². The second-order valence-corrected chi connectivity index (χ2v) is 9.27. The molecule has 0 saturated carbocycles. The average molecular weight is 455 g/mol. The zero-order chi connectivity index (χ0) is 24.2. The summed E-state index contributed by atoms with van der Waals surface area (Å²) in [6.07, 6.45) is -1.54. The highest BCUT2D eigenvalue weighted by atomic mass is 16.6. The van der Waals surface area contributed by atoms with E-state index in [1.54, 1.807) is 20.8 Å². The number of carboxylic acids is 1. The lowest BCUT2D eigenvalue weighted by atomic mass is 9.98. The van der Waals surface area contributed by atoms with Gasteiger partial charge < -0.3 is 25.2 Å². The molecule has 0 unspecified atom stereocenters. The van der Waals surface area contributed by atoms with Gasteiger partial charge in [-0.25, -0.2) is 14.4 Å². The lowest BCUT2D eigenvalue weighted by Crippen LogP contribution is -2.54. The first-order chi connectivity index (χ1) is 15.5. The van der Waals surface area contributed by atoms with Gasteiger partial charge in [0.05, 0.1) is 0 Å². The molecular weight excluding hydrogens is 424 g/mol. The summed E-state index contributed by atoms with van der Waals surface area (Å²) in [5.74, 6) is -1.37. The molecule has 33 heavy (non-hydrogen) atoms. The van der Waals surface area contributed by atoms with Crippen LogP contribution in [0.15, 0.2) is 48.5 Å². The summed E-state index contributed by atoms with van der Waals surface area (Å²) in [4.78, 5) is 36.1. The molecule has 0 bridgehead atoms. The smallest absolute Gasteiger partial charge is 0.408 e. The van der Waals surface area contributed by atoms with E-state index >= 15 is 0 Å². The van der Waals surface area contributed by atoms with E-state index in [-0.39, 0.29) is 25.5 Å². The Bertz CT molecular complexity index is 1000. The van der Waals surface area contributed by atoms with Gasteiger partial charge in [-0.05, 0) is 56.4 Å². The minimum Gasteiger partial charge on any atom is -0.480 e. The number of benzene rings is 2. The molecule has 8 heteroatoms. The Hall–Kier alpha value is -3.55. The highest BCUT2D eigenvalue weighted by molar-refractivity contribution is 5.84. The van der Waals surface area contributed by atoms with E-state index < -0.39 is 29.3 Å². The van der Waals surface area contributed by atoms with Gasteiger partial charge in [-0.2, -0.15) is 0 Å². The van der Waals surface area contributed by atoms with Gasteiger partial charge in [0.15, 0.2) is 0 Å². The number of hydrogen-bond acceptors (Lipinski definition) is 5. The summed E-state index contributed by atoms with van der Waals surface area (Å²) in [6.45, 7) is 6.63. The molecule has 8 nitrogen and oxygen atoms in total. The maximum absolute atomic E-state index is 12.5. The fourth-order valence-electron chi connectivity index (χ4n) is 3.81. The number of rotatable bonds is 7. The number of ether oxygens (including phenoxy) is 2. The fourth-order valence-corrected chi connectivity index (χ4v) is 3.81. The van der Waals surface area contributed by atoms with Crippen LogP contribution in [-0.2, 0) is 14.3 Å². The van der Waals surface area contributed by atoms with Gasteiger partial charge in [-0.15, -0.1) is 0 Å². The Morgan fingerprint density at radius 2 is 1.45 bits per heavy atom. The Balaban J connectivity index is 1.59. The van der Waals surface area contributed by atoms with Crippen molar-refractivity contribution in [3.05, 3.63) is 59.7 Å². The number of amides is 2. The van der Waals surface area contributed by atoms with Crippen LogP contribution >= 0.6 is 0 Å². The molecule has 0 spiro atoms. The molecule has 3 rings (SSSR count). The van der Waals surface area contributed by atoms with Crippen LogP contribution in [0.3, 0.4) is 0 Å². The van der Waals surface area contributed by atoms with Crippen LogP contribution in [0, 0.1) is 0 Å². The number of hydrogen-bond donors (Lipinski definition) is 3. The van der Waals surface area contributed by atoms with Crippen molar-refractivity contribution in [2.75, 3.05) is 13.2 Å². The molecule has 2 amide bonds. The third-order valence-corrected chi connectivity index (χ3v) is 5.49. The number of carbonyl (C=O) groups is 3. The largest absolute Gasteiger partial charge is 0.480 e. The highest BCUT2D eigenvalue weighted by Gasteiger charge is 2.36. The zero-order valence-electron chi connectivity index (χ0n) is 19.3. The number of carbonyl (C=O) groups excluding carboxylic acids is 2. The predicted octanol–water partition coefficient (Wildman–Crippen LogP) is 4.28. The molecule has 2 aromatic carbocycles. The standard InChI is InChI=1S/C25H30N2O6/c1-24(2,3)33-22(30)26-14-13-25(4,21(28)29)27-23(31)32-15-20-18-11-7-5-9-16(18)17-10-6-8-12-19(17)20/h5-12,20H,13-15H2,1-4H3,(H,26,30)(H,27,31)(H,28,29)/t25-/m0/s1. The molecule has 0 radical (unpaired) electrons. The minimum absolute atomic E-state index is 0.00136. The number of fused-ring (bicyclic) bond motifs is 3. The van der Waals surface area contributed by atoms with Crippen molar-refractivity contribution in [1.82, 2.24) is 10.6 Å². The Kier molecular flexibility index (Phi) is 6.95. The number of carboxylic acid groups (broad SMARTS) is 1. The van der Waals surface area contributed by atoms with Crippen molar-refractivity contribution in [2.45, 2.75) is 51.2 Å². The van der Waals surface area contributed by atoms with Gasteiger partial charge in [0, 0.05) is 12.5 Å². The molecule has 1 aliphatic carbocycles. The molecule has 0 aliphatic heterocycles. The van der Waals surface area contributed by atoms with E-state index in [2.05, 4.69) is 10.6 Å². The first-order valence-electron chi connectivity index (χ1n) is 10.8. The van der Waals surface area contributed by atoms with Crippen molar-refractivity contribution in [3.63, 3.8) is 0 Å². The Morgan fingerprint density at radius 1 is 0.909 bits per heavy atom. The molecule has 0 saturated heterocycles. The summed E-state index contributed by atoms with van der Waals surface area (Å²) >= 11 is 0. The predicted molar refractivity (Wildman–Crippen MR) is 123 cm³/mol. The van der Waals surface area contributed by atoms with E-state index in [0.717, 1.165) is 22.3 Å². The van der Waals surface area contributed by atoms with Crippen molar-refractivity contribution < 1.29 is 29.0 Å². The van der Waals surface area contributed by atoms with E-state index in [1.807, 2.05) is 48.5 Å². The molecule has 1 aliphatic rings. The Morgan fingerprint density at radius 3 is 1.97 bits per heavy atom. The van der Waals surface area contributed by atoms with E-state index in [1.165, 1.54) is 6.92 Å². The molecule has 0 fully saturated rings. The lowest BCUT2D eigenvalue weighted by molar-refractivity contribution is -0.144. The quantitative estimate of drug-likeness (QED) is 0.575. The third-order valence-electron chi connectivity index (χ3n) is 5.49. The van der Waals surface area contributed by atoms with Gasteiger partial charge in [-0.3, -0.25) is 0 Å². The SMILES string of the molecule is CC(C)(C)OC(=O)NCC[C@](C)(NC(=O)OCC1c2ccccc2-c2ccccc21)C(=O)O. The van der Waals surface area contributed by atoms with Crippen LogP contribution in [0.2, 0.25) is 0 Å². The molecule has 176 valence electrons. The summed E-state index contributed by atoms with van der Waals surface area (Å²) in [5.41, 5.74) is 2.04. The minimum atomic E-state index is -1.63. The fraction of sp³-hybridized carbons (Fsp3) is 0.400. The monoisotopic (exact) mass is 454 g/mol. The average Bonchev–Trinajstić information content (AvgIpc) is 3.04. The molecular formula is C25H30N2O6. The summed E-state index contributed by atoms with van der Waals surface area (Å²) in [5, 5.41) is 14.6. The summed E-state index contributed by atoms with van der Waals surface area (Å²) in [6, 6.07) is 15.9. The van der Waals surface area contributed by atoms with E-state index in [4.69, 9.17) is 9.47 Å². The second-order valence-electron chi connectivity index (χ2n) is 9.27. The molecule has 0 aromatic heterocycles. The van der Waals surface area contributed by atoms with Crippen molar-refractivity contribution >= 4 is 18.2 Å². The van der Waals surface area contributed by atoms with Crippen LogP contribution in [0.5, 0.6) is 0 Å². The summed E-state index contributed by atoms with van der Waals surface area (Å²) in [7, 11) is 0. The van der Waals surface area contributed by atoms with Crippen LogP contribution in [0.25, 0.3) is 11.1 Å². The first-order valence-corrected chi connectivity index (χ1v) is 10.8. The van der Waals surface area contributed by atoms with Crippen LogP contribution in [-0.4, -0.2) is 47.6 Å². The van der Waals surface area contributed by atoms with Crippen LogP contribution < -0.4 is 10.6 Å². The number of aliphatic carboxylic acids is 1. The van der Waals surface area contributed by atoms with Crippen molar-refractivity contribution in [1.29, 1.82) is 0 Å². The lowest BCUT2D eigenvalue weighted by Gasteiger charge is -2.27. The van der Waals surface area contributed by atoms with Crippen LogP contribution in [0.4, 0.5) is 9.59 Å². The molecule has 3 N–H and O–H groups in total. The second kappa shape index (κ2) is 9.52. The highest BCUT2D eigenvalue weighted by Crippen LogP contribution is 2.44. The van der Waals surface area contributed by atoms with Crippen molar-refractivity contribution in [2.24, 2.45) is 0 Å². The topological polar surface area (TPSA) is 114 Å². The number of alkyl carbamates (subject to hydrolysis) is 2. The van der Waals surface area contributed by atoms with E-state index in [9.17, 15) is 19.5 Å². The van der Waals surface area contributed by atoms with Gasteiger partial charge in [0.1, 0.15) is 17.7 Å². The molecule has 1 atom stereocenters. The molecule has 0 heterocycles. The van der Waals surface area contributed by atoms with Gasteiger partial charge in [0.25, 0.3) is 0 Å². The van der Waals surface area contributed by atoms with Gasteiger partial charge in [0.2, 0.25) is 0 Å². The summed E-state index contributed by atoms with van der Waals surface area (Å²) < 4.78 is 10.6. The van der Waals surface area contributed by atoms with Gasteiger partial charge >= 0.3 is 18.2 Å². The van der Waals surface area contributed by atoms with Crippen LogP contribution in [0.1, 0.15) is 51.2 Å². The maximum Gasteiger partial charge on any atom is 0.408 e. The molecule has 2 aromatic rings. The first kappa shape index (κ1) is 24.1. The number of nitrogens with one attached hydrogen (secondary N) is 2. The zero-order valence-corrected chi connectivity index (χ0v) is 19.3.